The van der Waals surface area contributed by atoms with Crippen molar-refractivity contribution >= 4 is 11.6 Å². The van der Waals surface area contributed by atoms with Gasteiger partial charge in [0, 0.05) is 12.1 Å². The van der Waals surface area contributed by atoms with Gasteiger partial charge in [0.1, 0.15) is 11.6 Å². The molecule has 1 saturated carbocycles. The number of aromatic nitrogens is 1. The van der Waals surface area contributed by atoms with Crippen LogP contribution in [-0.2, 0) is 6.18 Å². The molecule has 21 heavy (non-hydrogen) atoms. The number of hydrogen-bond donors (Lipinski definition) is 2. The van der Waals surface area contributed by atoms with E-state index in [1.165, 1.54) is 0 Å². The van der Waals surface area contributed by atoms with Crippen LogP contribution in [0.15, 0.2) is 12.1 Å². The topological polar surface area (TPSA) is 37.0 Å². The lowest BCUT2D eigenvalue weighted by molar-refractivity contribution is -0.137. The van der Waals surface area contributed by atoms with Crippen molar-refractivity contribution in [3.05, 3.63) is 17.7 Å². The van der Waals surface area contributed by atoms with Crippen molar-refractivity contribution in [2.45, 2.75) is 57.7 Å². The molecule has 1 heterocycles. The molecule has 0 amide bonds. The Morgan fingerprint density at radius 2 is 1.81 bits per heavy atom. The first-order chi connectivity index (χ1) is 9.82. The zero-order chi connectivity index (χ0) is 15.5. The smallest absolute Gasteiger partial charge is 0.370 e. The molecular formula is C15H22F3N3. The van der Waals surface area contributed by atoms with Gasteiger partial charge in [0.2, 0.25) is 0 Å². The van der Waals surface area contributed by atoms with Gasteiger partial charge in [-0.2, -0.15) is 13.2 Å². The van der Waals surface area contributed by atoms with E-state index in [4.69, 9.17) is 0 Å². The molecule has 0 aromatic carbocycles. The molecule has 1 aromatic heterocycles. The van der Waals surface area contributed by atoms with E-state index in [1.54, 1.807) is 0 Å². The SMILES string of the molecule is CCCNc1cc(C(F)(F)F)cc(NC2(C)CCCC2)n1. The van der Waals surface area contributed by atoms with E-state index in [0.717, 1.165) is 44.2 Å². The fraction of sp³-hybridized carbons (Fsp3) is 0.667. The van der Waals surface area contributed by atoms with Crippen LogP contribution in [0.5, 0.6) is 0 Å². The van der Waals surface area contributed by atoms with Crippen LogP contribution in [0, 0.1) is 0 Å². The molecule has 1 aromatic rings. The zero-order valence-electron chi connectivity index (χ0n) is 12.5. The second kappa shape index (κ2) is 6.12. The lowest BCUT2D eigenvalue weighted by Crippen LogP contribution is -2.31. The largest absolute Gasteiger partial charge is 0.416 e. The Morgan fingerprint density at radius 3 is 2.38 bits per heavy atom. The third kappa shape index (κ3) is 4.25. The Morgan fingerprint density at radius 1 is 1.19 bits per heavy atom. The fourth-order valence-corrected chi connectivity index (χ4v) is 2.69. The molecule has 0 atom stereocenters. The maximum Gasteiger partial charge on any atom is 0.416 e. The summed E-state index contributed by atoms with van der Waals surface area (Å²) in [5.41, 5.74) is -0.820. The van der Waals surface area contributed by atoms with E-state index < -0.39 is 11.7 Å². The van der Waals surface area contributed by atoms with Gasteiger partial charge in [0.25, 0.3) is 0 Å². The first-order valence-corrected chi connectivity index (χ1v) is 7.44. The van der Waals surface area contributed by atoms with Gasteiger partial charge in [-0.05, 0) is 38.3 Å². The summed E-state index contributed by atoms with van der Waals surface area (Å²) in [6.07, 6.45) is 0.592. The summed E-state index contributed by atoms with van der Waals surface area (Å²) in [5, 5.41) is 6.13. The third-order valence-corrected chi connectivity index (χ3v) is 3.85. The third-order valence-electron chi connectivity index (χ3n) is 3.85. The summed E-state index contributed by atoms with van der Waals surface area (Å²) in [4.78, 5) is 4.27. The van der Waals surface area contributed by atoms with E-state index in [2.05, 4.69) is 15.6 Å². The number of rotatable bonds is 5. The second-order valence-electron chi connectivity index (χ2n) is 5.94. The van der Waals surface area contributed by atoms with Crippen molar-refractivity contribution in [1.82, 2.24) is 4.98 Å². The number of alkyl halides is 3. The van der Waals surface area contributed by atoms with Crippen molar-refractivity contribution in [1.29, 1.82) is 0 Å². The minimum Gasteiger partial charge on any atom is -0.370 e. The minimum atomic E-state index is -4.36. The number of anilines is 2. The second-order valence-corrected chi connectivity index (χ2v) is 5.94. The Hall–Kier alpha value is -1.46. The van der Waals surface area contributed by atoms with Crippen LogP contribution < -0.4 is 10.6 Å². The predicted octanol–water partition coefficient (Wildman–Crippen LogP) is 4.67. The monoisotopic (exact) mass is 301 g/mol. The Labute approximate surface area is 123 Å². The molecule has 1 aliphatic rings. The van der Waals surface area contributed by atoms with E-state index in [-0.39, 0.29) is 11.4 Å². The van der Waals surface area contributed by atoms with Gasteiger partial charge in [0.15, 0.2) is 0 Å². The van der Waals surface area contributed by atoms with Gasteiger partial charge in [0.05, 0.1) is 5.56 Å². The summed E-state index contributed by atoms with van der Waals surface area (Å²) in [6, 6.07) is 2.17. The van der Waals surface area contributed by atoms with Gasteiger partial charge in [-0.3, -0.25) is 0 Å². The first kappa shape index (κ1) is 15.9. The van der Waals surface area contributed by atoms with Gasteiger partial charge in [-0.25, -0.2) is 4.98 Å². The van der Waals surface area contributed by atoms with E-state index in [0.29, 0.717) is 12.4 Å². The molecule has 0 unspecified atom stereocenters. The van der Waals surface area contributed by atoms with Crippen molar-refractivity contribution in [3.8, 4) is 0 Å². The van der Waals surface area contributed by atoms with Crippen molar-refractivity contribution in [2.24, 2.45) is 0 Å². The number of nitrogens with zero attached hydrogens (tertiary/aromatic N) is 1. The van der Waals surface area contributed by atoms with Crippen molar-refractivity contribution in [3.63, 3.8) is 0 Å². The number of pyridine rings is 1. The van der Waals surface area contributed by atoms with E-state index in [1.807, 2.05) is 13.8 Å². The van der Waals surface area contributed by atoms with Crippen LogP contribution in [0.25, 0.3) is 0 Å². The van der Waals surface area contributed by atoms with Gasteiger partial charge in [-0.1, -0.05) is 19.8 Å². The van der Waals surface area contributed by atoms with Crippen LogP contribution in [0.2, 0.25) is 0 Å². The average Bonchev–Trinajstić information content (AvgIpc) is 2.81. The van der Waals surface area contributed by atoms with Crippen molar-refractivity contribution < 1.29 is 13.2 Å². The summed E-state index contributed by atoms with van der Waals surface area (Å²) >= 11 is 0. The molecule has 0 bridgehead atoms. The first-order valence-electron chi connectivity index (χ1n) is 7.44. The predicted molar refractivity (Wildman–Crippen MR) is 78.5 cm³/mol. The molecule has 0 aliphatic heterocycles. The molecular weight excluding hydrogens is 279 g/mol. The molecule has 6 heteroatoms. The normalized spacial score (nSPS) is 17.8. The van der Waals surface area contributed by atoms with Crippen LogP contribution in [0.1, 0.15) is 51.5 Å². The van der Waals surface area contributed by atoms with E-state index in [9.17, 15) is 13.2 Å². The van der Waals surface area contributed by atoms with Crippen molar-refractivity contribution in [2.75, 3.05) is 17.2 Å². The maximum atomic E-state index is 13.0. The Bertz CT molecular complexity index is 480. The highest BCUT2D eigenvalue weighted by molar-refractivity contribution is 5.51. The highest BCUT2D eigenvalue weighted by Gasteiger charge is 2.33. The van der Waals surface area contributed by atoms with Gasteiger partial charge < -0.3 is 10.6 Å². The number of nitrogens with one attached hydrogen (secondary N) is 2. The fourth-order valence-electron chi connectivity index (χ4n) is 2.69. The molecule has 1 aliphatic carbocycles. The average molecular weight is 301 g/mol. The van der Waals surface area contributed by atoms with Gasteiger partial charge >= 0.3 is 6.18 Å². The maximum absolute atomic E-state index is 13.0. The van der Waals surface area contributed by atoms with Crippen LogP contribution in [-0.4, -0.2) is 17.1 Å². The summed E-state index contributed by atoms with van der Waals surface area (Å²) in [6.45, 7) is 4.60. The summed E-state index contributed by atoms with van der Waals surface area (Å²) in [7, 11) is 0. The van der Waals surface area contributed by atoms with Crippen LogP contribution in [0.3, 0.4) is 0 Å². The van der Waals surface area contributed by atoms with Crippen LogP contribution >= 0.6 is 0 Å². The molecule has 0 saturated heterocycles. The Kier molecular flexibility index (Phi) is 4.64. The minimum absolute atomic E-state index is 0.154. The molecule has 1 fully saturated rings. The zero-order valence-corrected chi connectivity index (χ0v) is 12.5. The quantitative estimate of drug-likeness (QED) is 0.830. The summed E-state index contributed by atoms with van der Waals surface area (Å²) in [5.74, 6) is 0.573. The van der Waals surface area contributed by atoms with E-state index >= 15 is 0 Å². The Balaban J connectivity index is 2.26. The standard InChI is InChI=1S/C15H22F3N3/c1-3-8-19-12-9-11(15(16,17)18)10-13(20-12)21-14(2)6-4-5-7-14/h9-10H,3-8H2,1-2H3,(H2,19,20,21). The molecule has 0 spiro atoms. The molecule has 2 N–H and O–H groups in total. The highest BCUT2D eigenvalue weighted by Crippen LogP contribution is 2.35. The highest BCUT2D eigenvalue weighted by atomic mass is 19.4. The number of halogens is 3. The summed E-state index contributed by atoms with van der Waals surface area (Å²) < 4.78 is 39.0. The number of hydrogen-bond acceptors (Lipinski definition) is 3. The lowest BCUT2D eigenvalue weighted by atomic mass is 10.0. The van der Waals surface area contributed by atoms with Crippen LogP contribution in [0.4, 0.5) is 24.8 Å². The lowest BCUT2D eigenvalue weighted by Gasteiger charge is -2.26. The molecule has 2 rings (SSSR count). The molecule has 118 valence electrons. The molecule has 0 radical (unpaired) electrons. The van der Waals surface area contributed by atoms with Gasteiger partial charge in [-0.15, -0.1) is 0 Å². The molecule has 3 nitrogen and oxygen atoms in total.